The van der Waals surface area contributed by atoms with Gasteiger partial charge < -0.3 is 14.6 Å². The van der Waals surface area contributed by atoms with Crippen molar-refractivity contribution in [1.82, 2.24) is 9.80 Å². The maximum atomic E-state index is 10.2. The maximum absolute atomic E-state index is 10.2. The Bertz CT molecular complexity index is 449. The Hall–Kier alpha value is -1.24. The van der Waals surface area contributed by atoms with Crippen LogP contribution >= 0.6 is 0 Å². The highest BCUT2D eigenvalue weighted by molar-refractivity contribution is 5.14. The highest BCUT2D eigenvalue weighted by Crippen LogP contribution is 2.07. The lowest BCUT2D eigenvalue weighted by molar-refractivity contribution is 0.0128. The van der Waals surface area contributed by atoms with Gasteiger partial charge in [0.25, 0.3) is 0 Å². The van der Waals surface area contributed by atoms with Crippen molar-refractivity contribution >= 4 is 0 Å². The van der Waals surface area contributed by atoms with E-state index in [1.165, 1.54) is 5.56 Å². The molecule has 1 saturated heterocycles. The van der Waals surface area contributed by atoms with Gasteiger partial charge in [-0.15, -0.1) is 6.58 Å². The molecule has 0 radical (unpaired) electrons. The van der Waals surface area contributed by atoms with Gasteiger partial charge in [0.05, 0.1) is 32.5 Å². The van der Waals surface area contributed by atoms with Crippen LogP contribution in [-0.2, 0) is 16.0 Å². The van der Waals surface area contributed by atoms with Gasteiger partial charge in [0.2, 0.25) is 0 Å². The second-order valence-electron chi connectivity index (χ2n) is 6.15. The zero-order valence-electron chi connectivity index (χ0n) is 14.5. The minimum Gasteiger partial charge on any atom is -0.389 e. The quantitative estimate of drug-likeness (QED) is 0.489. The highest BCUT2D eigenvalue weighted by atomic mass is 16.5. The summed E-state index contributed by atoms with van der Waals surface area (Å²) in [5.74, 6) is 0. The van der Waals surface area contributed by atoms with Gasteiger partial charge in [-0.2, -0.15) is 0 Å². The topological polar surface area (TPSA) is 45.2 Å². The minimum atomic E-state index is -0.488. The summed E-state index contributed by atoms with van der Waals surface area (Å²) in [6, 6.07) is 10.4. The number of aliphatic hydroxyl groups is 1. The van der Waals surface area contributed by atoms with Gasteiger partial charge in [-0.1, -0.05) is 36.4 Å². The molecule has 0 aromatic heterocycles. The SMILES string of the molecule is C=CCOC[C@H](O)CN(CCN1CCOCC1)Cc1ccccc1. The molecule has 1 atom stereocenters. The lowest BCUT2D eigenvalue weighted by atomic mass is 10.2. The zero-order valence-corrected chi connectivity index (χ0v) is 14.5. The molecule has 134 valence electrons. The van der Waals surface area contributed by atoms with Gasteiger partial charge in [0.15, 0.2) is 0 Å². The summed E-state index contributed by atoms with van der Waals surface area (Å²) in [5.41, 5.74) is 1.26. The molecule has 0 spiro atoms. The monoisotopic (exact) mass is 334 g/mol. The summed E-state index contributed by atoms with van der Waals surface area (Å²) < 4.78 is 10.8. The molecule has 0 amide bonds. The van der Waals surface area contributed by atoms with Crippen LogP contribution in [-0.4, -0.2) is 80.2 Å². The molecule has 24 heavy (non-hydrogen) atoms. The summed E-state index contributed by atoms with van der Waals surface area (Å²) in [6.07, 6.45) is 1.21. The number of nitrogens with zero attached hydrogens (tertiary/aromatic N) is 2. The molecule has 0 aliphatic carbocycles. The lowest BCUT2D eigenvalue weighted by Crippen LogP contribution is -2.43. The molecule has 2 rings (SSSR count). The van der Waals surface area contributed by atoms with Crippen LogP contribution in [0.25, 0.3) is 0 Å². The van der Waals surface area contributed by atoms with Crippen LogP contribution in [0.4, 0.5) is 0 Å². The summed E-state index contributed by atoms with van der Waals surface area (Å²) in [5, 5.41) is 10.2. The molecule has 1 N–H and O–H groups in total. The molecule has 1 aromatic carbocycles. The number of benzene rings is 1. The number of rotatable bonds is 11. The van der Waals surface area contributed by atoms with Gasteiger partial charge in [-0.05, 0) is 5.56 Å². The van der Waals surface area contributed by atoms with E-state index in [2.05, 4.69) is 40.6 Å². The third-order valence-electron chi connectivity index (χ3n) is 4.10. The number of hydrogen-bond acceptors (Lipinski definition) is 5. The smallest absolute Gasteiger partial charge is 0.0900 e. The van der Waals surface area contributed by atoms with Crippen LogP contribution in [0.2, 0.25) is 0 Å². The Morgan fingerprint density at radius 1 is 1.29 bits per heavy atom. The summed E-state index contributed by atoms with van der Waals surface area (Å²) >= 11 is 0. The van der Waals surface area contributed by atoms with E-state index in [1.54, 1.807) is 6.08 Å². The van der Waals surface area contributed by atoms with Crippen LogP contribution in [0.1, 0.15) is 5.56 Å². The van der Waals surface area contributed by atoms with E-state index in [0.29, 0.717) is 19.8 Å². The fraction of sp³-hybridized carbons (Fsp3) is 0.579. The first-order valence-electron chi connectivity index (χ1n) is 8.71. The fourth-order valence-corrected chi connectivity index (χ4v) is 2.82. The molecule has 0 saturated carbocycles. The molecule has 0 bridgehead atoms. The first kappa shape index (κ1) is 19.1. The minimum absolute atomic E-state index is 0.342. The van der Waals surface area contributed by atoms with Gasteiger partial charge in [-0.25, -0.2) is 0 Å². The molecular weight excluding hydrogens is 304 g/mol. The number of aliphatic hydroxyl groups excluding tert-OH is 1. The van der Waals surface area contributed by atoms with Crippen LogP contribution in [0.5, 0.6) is 0 Å². The van der Waals surface area contributed by atoms with Gasteiger partial charge >= 0.3 is 0 Å². The Balaban J connectivity index is 1.83. The van der Waals surface area contributed by atoms with Crippen molar-refractivity contribution in [3.63, 3.8) is 0 Å². The third kappa shape index (κ3) is 7.55. The molecule has 1 aromatic rings. The molecular formula is C19H30N2O3. The predicted octanol–water partition coefficient (Wildman–Crippen LogP) is 1.38. The first-order chi connectivity index (χ1) is 11.8. The van der Waals surface area contributed by atoms with Gasteiger partial charge in [-0.3, -0.25) is 9.80 Å². The molecule has 1 heterocycles. The van der Waals surface area contributed by atoms with E-state index in [0.717, 1.165) is 45.9 Å². The van der Waals surface area contributed by atoms with Crippen molar-refractivity contribution < 1.29 is 14.6 Å². The fourth-order valence-electron chi connectivity index (χ4n) is 2.82. The van der Waals surface area contributed by atoms with Crippen molar-refractivity contribution in [2.75, 3.05) is 59.2 Å². The normalized spacial score (nSPS) is 17.1. The van der Waals surface area contributed by atoms with E-state index in [1.807, 2.05) is 6.07 Å². The Morgan fingerprint density at radius 2 is 2.04 bits per heavy atom. The van der Waals surface area contributed by atoms with E-state index >= 15 is 0 Å². The average molecular weight is 334 g/mol. The largest absolute Gasteiger partial charge is 0.389 e. The molecule has 0 unspecified atom stereocenters. The molecule has 1 aliphatic heterocycles. The number of ether oxygens (including phenoxy) is 2. The molecule has 1 aliphatic rings. The van der Waals surface area contributed by atoms with Crippen LogP contribution in [0.3, 0.4) is 0 Å². The van der Waals surface area contributed by atoms with Crippen LogP contribution < -0.4 is 0 Å². The predicted molar refractivity (Wildman–Crippen MR) is 96.0 cm³/mol. The van der Waals surface area contributed by atoms with Crippen molar-refractivity contribution in [2.45, 2.75) is 12.6 Å². The van der Waals surface area contributed by atoms with E-state index in [4.69, 9.17) is 9.47 Å². The highest BCUT2D eigenvalue weighted by Gasteiger charge is 2.15. The Kier molecular flexibility index (Phi) is 9.02. The van der Waals surface area contributed by atoms with Gasteiger partial charge in [0.1, 0.15) is 0 Å². The Morgan fingerprint density at radius 3 is 2.75 bits per heavy atom. The summed E-state index contributed by atoms with van der Waals surface area (Å²) in [4.78, 5) is 4.72. The van der Waals surface area contributed by atoms with Crippen LogP contribution in [0, 0.1) is 0 Å². The van der Waals surface area contributed by atoms with E-state index in [9.17, 15) is 5.11 Å². The molecule has 1 fully saturated rings. The zero-order chi connectivity index (χ0) is 17.0. The summed E-state index contributed by atoms with van der Waals surface area (Å²) in [7, 11) is 0. The Labute approximate surface area is 145 Å². The first-order valence-corrected chi connectivity index (χ1v) is 8.71. The second kappa shape index (κ2) is 11.3. The van der Waals surface area contributed by atoms with Gasteiger partial charge in [0, 0.05) is 39.3 Å². The van der Waals surface area contributed by atoms with Crippen LogP contribution in [0.15, 0.2) is 43.0 Å². The lowest BCUT2D eigenvalue weighted by Gasteiger charge is -2.31. The average Bonchev–Trinajstić information content (AvgIpc) is 2.62. The molecule has 5 heteroatoms. The van der Waals surface area contributed by atoms with E-state index in [-0.39, 0.29) is 0 Å². The van der Waals surface area contributed by atoms with Crippen molar-refractivity contribution in [3.8, 4) is 0 Å². The van der Waals surface area contributed by atoms with Crippen molar-refractivity contribution in [1.29, 1.82) is 0 Å². The molecule has 5 nitrogen and oxygen atoms in total. The third-order valence-corrected chi connectivity index (χ3v) is 4.10. The maximum Gasteiger partial charge on any atom is 0.0900 e. The number of morpholine rings is 1. The standard InChI is InChI=1S/C19H30N2O3/c1-2-12-24-17-19(22)16-21(15-18-6-4-3-5-7-18)9-8-20-10-13-23-14-11-20/h2-7,19,22H,1,8-17H2/t19-/m1/s1. The van der Waals surface area contributed by atoms with E-state index < -0.39 is 6.10 Å². The number of hydrogen-bond donors (Lipinski definition) is 1. The van der Waals surface area contributed by atoms with Crippen molar-refractivity contribution in [3.05, 3.63) is 48.6 Å². The second-order valence-corrected chi connectivity index (χ2v) is 6.15. The summed E-state index contributed by atoms with van der Waals surface area (Å²) in [6.45, 7) is 11.4. The van der Waals surface area contributed by atoms with Crippen molar-refractivity contribution in [2.24, 2.45) is 0 Å².